The van der Waals surface area contributed by atoms with Crippen molar-refractivity contribution in [1.82, 2.24) is 4.90 Å². The van der Waals surface area contributed by atoms with Gasteiger partial charge < -0.3 is 14.8 Å². The molecule has 0 spiro atoms. The van der Waals surface area contributed by atoms with Gasteiger partial charge in [0.2, 0.25) is 11.7 Å². The second kappa shape index (κ2) is 12.1. The van der Waals surface area contributed by atoms with Gasteiger partial charge in [0.05, 0.1) is 27.9 Å². The van der Waals surface area contributed by atoms with E-state index in [0.717, 1.165) is 28.7 Å². The topological polar surface area (TPSA) is 171 Å². The summed E-state index contributed by atoms with van der Waals surface area (Å²) in [5, 5.41) is 24.8. The number of thioether (sulfide) groups is 1. The number of nitrogens with one attached hydrogen (secondary N) is 1. The molecule has 4 rings (SSSR count). The number of ether oxygens (including phenoxy) is 2. The van der Waals surface area contributed by atoms with Crippen LogP contribution in [0.15, 0.2) is 59.5 Å². The zero-order valence-corrected chi connectivity index (χ0v) is 22.9. The maximum absolute atomic E-state index is 12.9. The van der Waals surface area contributed by atoms with Gasteiger partial charge >= 0.3 is 5.69 Å². The quantitative estimate of drug-likeness (QED) is 0.176. The average molecular weight is 599 g/mol. The number of aryl methyl sites for hydroxylation is 1. The third-order valence-electron chi connectivity index (χ3n) is 5.69. The first-order valence-corrected chi connectivity index (χ1v) is 12.8. The predicted molar refractivity (Wildman–Crippen MR) is 150 cm³/mol. The number of halogens is 1. The van der Waals surface area contributed by atoms with Crippen LogP contribution < -0.4 is 14.8 Å². The van der Waals surface area contributed by atoms with E-state index in [2.05, 4.69) is 5.32 Å². The van der Waals surface area contributed by atoms with Gasteiger partial charge in [-0.15, -0.1) is 0 Å². The van der Waals surface area contributed by atoms with Crippen molar-refractivity contribution in [2.45, 2.75) is 6.92 Å². The molecule has 0 aliphatic carbocycles. The Morgan fingerprint density at radius 3 is 2.41 bits per heavy atom. The second-order valence-corrected chi connectivity index (χ2v) is 9.86. The molecule has 1 heterocycles. The lowest BCUT2D eigenvalue weighted by atomic mass is 10.1. The molecule has 0 radical (unpaired) electrons. The van der Waals surface area contributed by atoms with Gasteiger partial charge in [-0.3, -0.25) is 39.5 Å². The minimum atomic E-state index is -0.810. The molecule has 41 heavy (non-hydrogen) atoms. The highest BCUT2D eigenvalue weighted by Crippen LogP contribution is 2.39. The van der Waals surface area contributed by atoms with E-state index in [9.17, 15) is 34.6 Å². The number of hydrogen-bond donors (Lipinski definition) is 1. The molecule has 0 aromatic heterocycles. The van der Waals surface area contributed by atoms with E-state index < -0.39 is 44.8 Å². The molecular formula is C26H19ClN4O9S. The van der Waals surface area contributed by atoms with Gasteiger partial charge in [0.1, 0.15) is 6.54 Å². The third-order valence-corrected chi connectivity index (χ3v) is 7.00. The number of rotatable bonds is 9. The Bertz CT molecular complexity index is 1640. The lowest BCUT2D eigenvalue weighted by Crippen LogP contribution is -2.36. The molecule has 0 bridgehead atoms. The van der Waals surface area contributed by atoms with Gasteiger partial charge in [-0.2, -0.15) is 0 Å². The van der Waals surface area contributed by atoms with Crippen molar-refractivity contribution in [1.29, 1.82) is 0 Å². The number of carbonyl (C=O) groups is 3. The van der Waals surface area contributed by atoms with Crippen LogP contribution in [0.4, 0.5) is 21.9 Å². The molecule has 13 nitrogen and oxygen atoms in total. The van der Waals surface area contributed by atoms with E-state index in [1.807, 2.05) is 6.92 Å². The van der Waals surface area contributed by atoms with Crippen molar-refractivity contribution in [2.75, 3.05) is 19.0 Å². The first-order valence-electron chi connectivity index (χ1n) is 11.6. The van der Waals surface area contributed by atoms with Crippen LogP contribution in [0.5, 0.6) is 17.2 Å². The normalized spacial score (nSPS) is 13.8. The fraction of sp³-hybridized carbons (Fsp3) is 0.115. The third kappa shape index (κ3) is 6.62. The van der Waals surface area contributed by atoms with Crippen LogP contribution in [0.25, 0.3) is 6.08 Å². The fourth-order valence-electron chi connectivity index (χ4n) is 3.63. The van der Waals surface area contributed by atoms with Gasteiger partial charge in [-0.1, -0.05) is 23.7 Å². The van der Waals surface area contributed by atoms with E-state index in [-0.39, 0.29) is 22.2 Å². The second-order valence-electron chi connectivity index (χ2n) is 8.46. The summed E-state index contributed by atoms with van der Waals surface area (Å²) in [7, 11) is 1.32. The zero-order valence-electron chi connectivity index (χ0n) is 21.3. The number of anilines is 1. The number of nitro benzene ring substituents is 2. The Balaban J connectivity index is 1.50. The Hall–Kier alpha value is -4.95. The predicted octanol–water partition coefficient (Wildman–Crippen LogP) is 5.94. The molecule has 1 fully saturated rings. The van der Waals surface area contributed by atoms with Crippen molar-refractivity contribution in [3.05, 3.63) is 95.9 Å². The van der Waals surface area contributed by atoms with Gasteiger partial charge in [0, 0.05) is 16.8 Å². The summed E-state index contributed by atoms with van der Waals surface area (Å²) in [5.74, 6) is -1.32. The van der Waals surface area contributed by atoms with Gasteiger partial charge in [-0.25, -0.2) is 0 Å². The monoisotopic (exact) mass is 598 g/mol. The molecule has 3 aromatic rings. The first-order chi connectivity index (χ1) is 19.5. The van der Waals surface area contributed by atoms with E-state index in [1.54, 1.807) is 18.2 Å². The molecule has 210 valence electrons. The fourth-order valence-corrected chi connectivity index (χ4v) is 4.65. The smallest absolute Gasteiger partial charge is 0.318 e. The Morgan fingerprint density at radius 2 is 1.76 bits per heavy atom. The van der Waals surface area contributed by atoms with E-state index in [0.29, 0.717) is 28.0 Å². The van der Waals surface area contributed by atoms with E-state index in [1.165, 1.54) is 31.4 Å². The molecule has 3 amide bonds. The number of nitro groups is 2. The lowest BCUT2D eigenvalue weighted by Gasteiger charge is -2.13. The minimum Gasteiger partial charge on any atom is -0.493 e. The van der Waals surface area contributed by atoms with Crippen molar-refractivity contribution < 1.29 is 33.7 Å². The maximum atomic E-state index is 12.9. The molecular weight excluding hydrogens is 580 g/mol. The minimum absolute atomic E-state index is 0.0580. The summed E-state index contributed by atoms with van der Waals surface area (Å²) in [6.07, 6.45) is 1.42. The van der Waals surface area contributed by atoms with Crippen LogP contribution >= 0.6 is 23.4 Å². The lowest BCUT2D eigenvalue weighted by molar-refractivity contribution is -0.394. The van der Waals surface area contributed by atoms with Crippen molar-refractivity contribution >= 4 is 63.6 Å². The van der Waals surface area contributed by atoms with Crippen LogP contribution in [0.1, 0.15) is 11.1 Å². The molecule has 1 saturated heterocycles. The highest BCUT2D eigenvalue weighted by Gasteiger charge is 2.36. The molecule has 0 unspecified atom stereocenters. The SMILES string of the molecule is COc1cc(/C=C2/SC(=O)N(CC(=O)Nc3ccc(C)c(Cl)c3)C2=O)ccc1Oc1ccc([N+](=O)[O-])cc1[N+](=O)[O-]. The number of amides is 3. The Labute approximate surface area is 241 Å². The number of hydrogen-bond acceptors (Lipinski definition) is 10. The van der Waals surface area contributed by atoms with Crippen molar-refractivity contribution in [3.63, 3.8) is 0 Å². The van der Waals surface area contributed by atoms with E-state index >= 15 is 0 Å². The number of benzene rings is 3. The molecule has 0 atom stereocenters. The maximum Gasteiger partial charge on any atom is 0.318 e. The molecule has 3 aromatic carbocycles. The number of non-ortho nitro benzene ring substituents is 1. The Kier molecular flexibility index (Phi) is 8.54. The molecule has 15 heteroatoms. The van der Waals surface area contributed by atoms with Crippen molar-refractivity contribution in [3.8, 4) is 17.2 Å². The first kappa shape index (κ1) is 29.0. The number of imide groups is 1. The highest BCUT2D eigenvalue weighted by molar-refractivity contribution is 8.18. The van der Waals surface area contributed by atoms with Crippen LogP contribution in [0, 0.1) is 27.2 Å². The Morgan fingerprint density at radius 1 is 1.02 bits per heavy atom. The largest absolute Gasteiger partial charge is 0.493 e. The summed E-state index contributed by atoms with van der Waals surface area (Å²) in [6.45, 7) is 1.30. The highest BCUT2D eigenvalue weighted by atomic mass is 35.5. The van der Waals surface area contributed by atoms with E-state index in [4.69, 9.17) is 21.1 Å². The number of nitrogens with zero attached hydrogens (tertiary/aromatic N) is 3. The van der Waals surface area contributed by atoms with Gasteiger partial charge in [-0.05, 0) is 66.2 Å². The van der Waals surface area contributed by atoms with Crippen LogP contribution in [-0.4, -0.2) is 45.5 Å². The molecule has 1 N–H and O–H groups in total. The van der Waals surface area contributed by atoms with Crippen LogP contribution in [0.3, 0.4) is 0 Å². The summed E-state index contributed by atoms with van der Waals surface area (Å²) in [5.41, 5.74) is 0.578. The standard InChI is InChI=1S/C26H19ClN4O9S/c1-14-3-5-16(11-18(14)27)28-24(32)13-29-25(33)23(41-26(29)34)10-15-4-7-21(22(9-15)39-2)40-20-8-6-17(30(35)36)12-19(20)31(37)38/h3-12H,13H2,1-2H3,(H,28,32)/b23-10+. The molecule has 1 aliphatic rings. The number of carbonyl (C=O) groups excluding carboxylic acids is 3. The van der Waals surface area contributed by atoms with Gasteiger partial charge in [0.15, 0.2) is 11.5 Å². The zero-order chi connectivity index (χ0) is 29.8. The summed E-state index contributed by atoms with van der Waals surface area (Å²) in [4.78, 5) is 59.6. The summed E-state index contributed by atoms with van der Waals surface area (Å²) >= 11 is 6.72. The number of methoxy groups -OCH3 is 1. The summed E-state index contributed by atoms with van der Waals surface area (Å²) in [6, 6.07) is 12.3. The summed E-state index contributed by atoms with van der Waals surface area (Å²) < 4.78 is 10.9. The van der Waals surface area contributed by atoms with Crippen LogP contribution in [0.2, 0.25) is 5.02 Å². The average Bonchev–Trinajstić information content (AvgIpc) is 3.18. The van der Waals surface area contributed by atoms with Crippen LogP contribution in [-0.2, 0) is 9.59 Å². The van der Waals surface area contributed by atoms with Crippen molar-refractivity contribution in [2.24, 2.45) is 0 Å². The van der Waals surface area contributed by atoms with Gasteiger partial charge in [0.25, 0.3) is 16.8 Å². The molecule has 1 aliphatic heterocycles. The molecule has 0 saturated carbocycles.